The van der Waals surface area contributed by atoms with Gasteiger partial charge in [-0.2, -0.15) is 0 Å². The number of ether oxygens (including phenoxy) is 2. The van der Waals surface area contributed by atoms with E-state index >= 15 is 0 Å². The second kappa shape index (κ2) is 8.82. The lowest BCUT2D eigenvalue weighted by Crippen LogP contribution is -2.38. The Labute approximate surface area is 161 Å². The molecule has 1 aliphatic heterocycles. The Morgan fingerprint density at radius 3 is 2.44 bits per heavy atom. The molecule has 0 aromatic heterocycles. The van der Waals surface area contributed by atoms with Gasteiger partial charge in [-0.25, -0.2) is 8.42 Å². The Hall–Kier alpha value is -1.96. The summed E-state index contributed by atoms with van der Waals surface area (Å²) >= 11 is 0. The van der Waals surface area contributed by atoms with Crippen LogP contribution in [0.15, 0.2) is 18.2 Å². The molecule has 1 aromatic carbocycles. The van der Waals surface area contributed by atoms with E-state index < -0.39 is 10.0 Å². The fourth-order valence-corrected chi connectivity index (χ4v) is 4.52. The van der Waals surface area contributed by atoms with Gasteiger partial charge >= 0.3 is 0 Å². The molecule has 1 heterocycles. The molecule has 0 radical (unpaired) electrons. The van der Waals surface area contributed by atoms with Gasteiger partial charge in [-0.15, -0.1) is 0 Å². The number of anilines is 1. The van der Waals surface area contributed by atoms with Crippen molar-refractivity contribution in [2.24, 2.45) is 0 Å². The zero-order valence-corrected chi connectivity index (χ0v) is 16.6. The standard InChI is InChI=1S/C19H28N2O5S/c1-27(23,24)21(16-8-9-17-18(14-16)26-13-12-25-17)11-10-19(22)20-15-6-4-2-3-5-7-15/h8-9,14-15H,2-7,10-13H2,1H3,(H,20,22). The van der Waals surface area contributed by atoms with Gasteiger partial charge < -0.3 is 14.8 Å². The highest BCUT2D eigenvalue weighted by atomic mass is 32.2. The van der Waals surface area contributed by atoms with E-state index in [1.165, 1.54) is 17.1 Å². The minimum Gasteiger partial charge on any atom is -0.486 e. The van der Waals surface area contributed by atoms with Crippen LogP contribution >= 0.6 is 0 Å². The molecule has 150 valence electrons. The summed E-state index contributed by atoms with van der Waals surface area (Å²) in [5.41, 5.74) is 0.476. The Kier molecular flexibility index (Phi) is 6.46. The largest absolute Gasteiger partial charge is 0.486 e. The van der Waals surface area contributed by atoms with Crippen molar-refractivity contribution < 1.29 is 22.7 Å². The Morgan fingerprint density at radius 2 is 1.78 bits per heavy atom. The topological polar surface area (TPSA) is 84.9 Å². The molecule has 0 spiro atoms. The van der Waals surface area contributed by atoms with E-state index in [1.807, 2.05) is 0 Å². The third kappa shape index (κ3) is 5.51. The van der Waals surface area contributed by atoms with E-state index in [2.05, 4.69) is 5.32 Å². The molecule has 1 saturated carbocycles. The molecule has 0 saturated heterocycles. The predicted octanol–water partition coefficient (Wildman–Crippen LogP) is 2.45. The van der Waals surface area contributed by atoms with Crippen LogP contribution in [-0.2, 0) is 14.8 Å². The first kappa shape index (κ1) is 19.8. The summed E-state index contributed by atoms with van der Waals surface area (Å²) in [5.74, 6) is 1.02. The van der Waals surface area contributed by atoms with Crippen molar-refractivity contribution in [1.82, 2.24) is 5.32 Å². The molecule has 1 aromatic rings. The van der Waals surface area contributed by atoms with Crippen LogP contribution in [0.25, 0.3) is 0 Å². The van der Waals surface area contributed by atoms with Crippen LogP contribution < -0.4 is 19.1 Å². The molecule has 7 nitrogen and oxygen atoms in total. The Balaban J connectivity index is 1.64. The fraction of sp³-hybridized carbons (Fsp3) is 0.632. The number of rotatable bonds is 6. The van der Waals surface area contributed by atoms with Gasteiger partial charge in [-0.3, -0.25) is 9.10 Å². The molecular weight excluding hydrogens is 368 g/mol. The van der Waals surface area contributed by atoms with Gasteiger partial charge in [-0.1, -0.05) is 25.7 Å². The zero-order valence-electron chi connectivity index (χ0n) is 15.8. The fourth-order valence-electron chi connectivity index (χ4n) is 3.60. The minimum atomic E-state index is -3.52. The van der Waals surface area contributed by atoms with Gasteiger partial charge in [0.1, 0.15) is 13.2 Å². The molecule has 8 heteroatoms. The smallest absolute Gasteiger partial charge is 0.232 e. The van der Waals surface area contributed by atoms with Crippen molar-refractivity contribution in [2.75, 3.05) is 30.3 Å². The van der Waals surface area contributed by atoms with E-state index in [4.69, 9.17) is 9.47 Å². The van der Waals surface area contributed by atoms with Crippen LogP contribution in [0.5, 0.6) is 11.5 Å². The van der Waals surface area contributed by atoms with Crippen molar-refractivity contribution in [1.29, 1.82) is 0 Å². The number of sulfonamides is 1. The van der Waals surface area contributed by atoms with Crippen LogP contribution in [-0.4, -0.2) is 46.4 Å². The van der Waals surface area contributed by atoms with Gasteiger partial charge in [0.15, 0.2) is 11.5 Å². The van der Waals surface area contributed by atoms with Crippen LogP contribution in [0.4, 0.5) is 5.69 Å². The lowest BCUT2D eigenvalue weighted by atomic mass is 10.1. The van der Waals surface area contributed by atoms with Crippen molar-refractivity contribution >= 4 is 21.6 Å². The molecule has 1 amide bonds. The maximum absolute atomic E-state index is 12.3. The highest BCUT2D eigenvalue weighted by molar-refractivity contribution is 7.92. The lowest BCUT2D eigenvalue weighted by molar-refractivity contribution is -0.121. The van der Waals surface area contributed by atoms with Gasteiger partial charge in [0.25, 0.3) is 0 Å². The van der Waals surface area contributed by atoms with Crippen LogP contribution in [0.1, 0.15) is 44.9 Å². The van der Waals surface area contributed by atoms with Gasteiger partial charge in [-0.05, 0) is 25.0 Å². The summed E-state index contributed by atoms with van der Waals surface area (Å²) in [7, 11) is -3.52. The molecule has 0 unspecified atom stereocenters. The first-order valence-electron chi connectivity index (χ1n) is 9.60. The number of carbonyl (C=O) groups is 1. The average molecular weight is 397 g/mol. The summed E-state index contributed by atoms with van der Waals surface area (Å²) in [6.45, 7) is 1.000. The highest BCUT2D eigenvalue weighted by Crippen LogP contribution is 2.34. The number of benzene rings is 1. The minimum absolute atomic E-state index is 0.0943. The second-order valence-electron chi connectivity index (χ2n) is 7.17. The quantitative estimate of drug-likeness (QED) is 0.747. The molecule has 1 fully saturated rings. The number of hydrogen-bond donors (Lipinski definition) is 1. The normalized spacial score (nSPS) is 17.8. The van der Waals surface area contributed by atoms with E-state index in [-0.39, 0.29) is 24.9 Å². The van der Waals surface area contributed by atoms with Crippen molar-refractivity contribution in [2.45, 2.75) is 51.0 Å². The number of nitrogens with zero attached hydrogens (tertiary/aromatic N) is 1. The van der Waals surface area contributed by atoms with E-state index in [0.717, 1.165) is 31.9 Å². The van der Waals surface area contributed by atoms with Crippen LogP contribution in [0, 0.1) is 0 Å². The van der Waals surface area contributed by atoms with Crippen molar-refractivity contribution in [3.8, 4) is 11.5 Å². The van der Waals surface area contributed by atoms with E-state index in [1.54, 1.807) is 18.2 Å². The summed E-state index contributed by atoms with van der Waals surface area (Å²) < 4.78 is 36.8. The molecule has 1 N–H and O–H groups in total. The summed E-state index contributed by atoms with van der Waals surface area (Å²) in [6.07, 6.45) is 7.99. The zero-order chi connectivity index (χ0) is 19.3. The summed E-state index contributed by atoms with van der Waals surface area (Å²) in [5, 5.41) is 3.06. The maximum Gasteiger partial charge on any atom is 0.232 e. The third-order valence-corrected chi connectivity index (χ3v) is 6.17. The molecule has 0 atom stereocenters. The SMILES string of the molecule is CS(=O)(=O)N(CCC(=O)NC1CCCCCC1)c1ccc2c(c1)OCCO2. The maximum atomic E-state index is 12.3. The Bertz CT molecular complexity index is 757. The average Bonchev–Trinajstić information content (AvgIpc) is 2.89. The third-order valence-electron chi connectivity index (χ3n) is 4.98. The van der Waals surface area contributed by atoms with Gasteiger partial charge in [0.05, 0.1) is 11.9 Å². The highest BCUT2D eigenvalue weighted by Gasteiger charge is 2.22. The lowest BCUT2D eigenvalue weighted by Gasteiger charge is -2.25. The second-order valence-corrected chi connectivity index (χ2v) is 9.08. The number of nitrogens with one attached hydrogen (secondary N) is 1. The van der Waals surface area contributed by atoms with Crippen LogP contribution in [0.3, 0.4) is 0 Å². The number of amides is 1. The summed E-state index contributed by atoms with van der Waals surface area (Å²) in [6, 6.07) is 5.24. The predicted molar refractivity (Wildman–Crippen MR) is 104 cm³/mol. The molecular formula is C19H28N2O5S. The first-order valence-corrected chi connectivity index (χ1v) is 11.4. The summed E-state index contributed by atoms with van der Waals surface area (Å²) in [4.78, 5) is 12.3. The van der Waals surface area contributed by atoms with Crippen molar-refractivity contribution in [3.63, 3.8) is 0 Å². The molecule has 1 aliphatic carbocycles. The Morgan fingerprint density at radius 1 is 1.11 bits per heavy atom. The first-order chi connectivity index (χ1) is 12.9. The van der Waals surface area contributed by atoms with Crippen molar-refractivity contribution in [3.05, 3.63) is 18.2 Å². The molecule has 27 heavy (non-hydrogen) atoms. The number of hydrogen-bond acceptors (Lipinski definition) is 5. The number of carbonyl (C=O) groups excluding carboxylic acids is 1. The van der Waals surface area contributed by atoms with Gasteiger partial charge in [0.2, 0.25) is 15.9 Å². The molecule has 0 bridgehead atoms. The van der Waals surface area contributed by atoms with Crippen LogP contribution in [0.2, 0.25) is 0 Å². The molecule has 2 aliphatic rings. The monoisotopic (exact) mass is 396 g/mol. The van der Waals surface area contributed by atoms with Gasteiger partial charge in [0, 0.05) is 25.1 Å². The van der Waals surface area contributed by atoms with E-state index in [9.17, 15) is 13.2 Å². The number of fused-ring (bicyclic) bond motifs is 1. The molecule has 3 rings (SSSR count). The van der Waals surface area contributed by atoms with E-state index in [0.29, 0.717) is 30.4 Å².